The molecule has 0 radical (unpaired) electrons. The normalized spacial score (nSPS) is 23.6. The van der Waals surface area contributed by atoms with Crippen molar-refractivity contribution in [3.8, 4) is 5.75 Å². The Hall–Kier alpha value is -3.24. The highest BCUT2D eigenvalue weighted by Crippen LogP contribution is 2.42. The maximum Gasteiger partial charge on any atom is 0.416 e. The van der Waals surface area contributed by atoms with Crippen LogP contribution in [0.25, 0.3) is 10.9 Å². The van der Waals surface area contributed by atoms with Crippen molar-refractivity contribution < 1.29 is 22.3 Å². The number of thiocarbonyl (C=S) groups is 1. The number of nitrogens with zero attached hydrogens (tertiary/aromatic N) is 2. The first-order valence-electron chi connectivity index (χ1n) is 12.4. The van der Waals surface area contributed by atoms with Gasteiger partial charge in [-0.15, -0.1) is 6.58 Å². The molecule has 38 heavy (non-hydrogen) atoms. The molecule has 5 atom stereocenters. The molecule has 0 aliphatic carbocycles. The maximum absolute atomic E-state index is 14.5. The summed E-state index contributed by atoms with van der Waals surface area (Å²) in [7, 11) is 1.59. The maximum atomic E-state index is 14.5. The predicted molar refractivity (Wildman–Crippen MR) is 144 cm³/mol. The molecule has 1 aromatic heterocycles. The summed E-state index contributed by atoms with van der Waals surface area (Å²) in [4.78, 5) is 6.90. The Morgan fingerprint density at radius 1 is 1.24 bits per heavy atom. The highest BCUT2D eigenvalue weighted by molar-refractivity contribution is 7.80. The first-order valence-corrected chi connectivity index (χ1v) is 12.8. The van der Waals surface area contributed by atoms with Crippen molar-refractivity contribution in [1.29, 1.82) is 0 Å². The minimum absolute atomic E-state index is 0.0315. The standard InChI is InChI=1S/C28H28F4N4OS/c1-3-16-15-36-11-9-17(16)12-25(36)26(20-8-10-33-23-7-5-19(37-2)14-21(20)23)35-27(38)34-24-13-18(28(30,31)32)4-6-22(24)29/h3-8,10,13-14,16-17,25-26H,1,9,11-12,15H2,2H3,(H2,34,35,38)/t16?,17?,25?,26-/m0/s1. The molecule has 10 heteroatoms. The fourth-order valence-electron chi connectivity index (χ4n) is 5.75. The lowest BCUT2D eigenvalue weighted by atomic mass is 9.73. The minimum atomic E-state index is -4.60. The molecule has 4 heterocycles. The van der Waals surface area contributed by atoms with Crippen molar-refractivity contribution in [2.45, 2.75) is 31.1 Å². The Labute approximate surface area is 223 Å². The summed E-state index contributed by atoms with van der Waals surface area (Å²) < 4.78 is 59.6. The topological polar surface area (TPSA) is 49.4 Å². The van der Waals surface area contributed by atoms with Crippen LogP contribution >= 0.6 is 12.2 Å². The molecule has 3 aromatic rings. The lowest BCUT2D eigenvalue weighted by Crippen LogP contribution is -2.57. The van der Waals surface area contributed by atoms with Gasteiger partial charge in [-0.25, -0.2) is 4.39 Å². The van der Waals surface area contributed by atoms with Crippen LogP contribution in [-0.4, -0.2) is 41.2 Å². The van der Waals surface area contributed by atoms with Gasteiger partial charge in [0.25, 0.3) is 0 Å². The van der Waals surface area contributed by atoms with Crippen LogP contribution in [0.2, 0.25) is 0 Å². The van der Waals surface area contributed by atoms with E-state index in [2.05, 4.69) is 27.1 Å². The van der Waals surface area contributed by atoms with E-state index < -0.39 is 17.6 Å². The molecule has 2 N–H and O–H groups in total. The third-order valence-electron chi connectivity index (χ3n) is 7.68. The van der Waals surface area contributed by atoms with E-state index in [-0.39, 0.29) is 22.9 Å². The van der Waals surface area contributed by atoms with Crippen LogP contribution in [0.3, 0.4) is 0 Å². The molecule has 3 aliphatic rings. The molecule has 6 rings (SSSR count). The summed E-state index contributed by atoms with van der Waals surface area (Å²) >= 11 is 5.54. The van der Waals surface area contributed by atoms with Crippen LogP contribution in [0.5, 0.6) is 5.75 Å². The lowest BCUT2D eigenvalue weighted by molar-refractivity contribution is -0.137. The Morgan fingerprint density at radius 3 is 2.74 bits per heavy atom. The number of halogens is 4. The van der Waals surface area contributed by atoms with Crippen LogP contribution in [0, 0.1) is 17.7 Å². The van der Waals surface area contributed by atoms with Crippen LogP contribution < -0.4 is 15.4 Å². The van der Waals surface area contributed by atoms with Gasteiger partial charge in [0.05, 0.1) is 29.9 Å². The highest BCUT2D eigenvalue weighted by Gasteiger charge is 2.43. The molecule has 0 saturated carbocycles. The van der Waals surface area contributed by atoms with Gasteiger partial charge in [-0.05, 0) is 91.5 Å². The Bertz CT molecular complexity index is 1360. The molecule has 5 nitrogen and oxygen atoms in total. The molecule has 3 fully saturated rings. The van der Waals surface area contributed by atoms with Gasteiger partial charge < -0.3 is 15.4 Å². The smallest absolute Gasteiger partial charge is 0.416 e. The summed E-state index contributed by atoms with van der Waals surface area (Å²) in [5, 5.41) is 6.89. The summed E-state index contributed by atoms with van der Waals surface area (Å²) in [5.41, 5.74) is 0.404. The van der Waals surface area contributed by atoms with Crippen molar-refractivity contribution in [2.75, 3.05) is 25.5 Å². The number of nitrogens with one attached hydrogen (secondary N) is 2. The summed E-state index contributed by atoms with van der Waals surface area (Å²) in [6.45, 7) is 5.80. The molecule has 3 aliphatic heterocycles. The number of rotatable bonds is 6. The third kappa shape index (κ3) is 5.19. The van der Waals surface area contributed by atoms with Crippen molar-refractivity contribution in [3.05, 3.63) is 78.3 Å². The van der Waals surface area contributed by atoms with Gasteiger partial charge in [-0.1, -0.05) is 6.08 Å². The lowest BCUT2D eigenvalue weighted by Gasteiger charge is -2.52. The number of piperidine rings is 3. The number of aromatic nitrogens is 1. The van der Waals surface area contributed by atoms with Gasteiger partial charge in [0, 0.05) is 24.2 Å². The van der Waals surface area contributed by atoms with Crippen molar-refractivity contribution in [3.63, 3.8) is 0 Å². The number of pyridine rings is 1. The van der Waals surface area contributed by atoms with Crippen LogP contribution in [0.1, 0.15) is 30.0 Å². The van der Waals surface area contributed by atoms with E-state index in [0.29, 0.717) is 23.7 Å². The fourth-order valence-corrected chi connectivity index (χ4v) is 5.98. The average Bonchev–Trinajstić information content (AvgIpc) is 2.91. The van der Waals surface area contributed by atoms with Gasteiger partial charge in [0.1, 0.15) is 11.6 Å². The fraction of sp³-hybridized carbons (Fsp3) is 0.357. The Morgan fingerprint density at radius 2 is 2.05 bits per heavy atom. The van der Waals surface area contributed by atoms with Crippen molar-refractivity contribution in [1.82, 2.24) is 15.2 Å². The van der Waals surface area contributed by atoms with Crippen molar-refractivity contribution >= 4 is 33.9 Å². The summed E-state index contributed by atoms with van der Waals surface area (Å²) in [5.74, 6) is 0.720. The number of methoxy groups -OCH3 is 1. The van der Waals surface area contributed by atoms with Gasteiger partial charge >= 0.3 is 6.18 Å². The Balaban J connectivity index is 1.50. The van der Waals surface area contributed by atoms with Gasteiger partial charge in [-0.2, -0.15) is 13.2 Å². The average molecular weight is 545 g/mol. The third-order valence-corrected chi connectivity index (χ3v) is 7.90. The number of anilines is 1. The number of alkyl halides is 3. The molecule has 2 aromatic carbocycles. The molecular formula is C28H28F4N4OS. The molecule has 2 bridgehead atoms. The van der Waals surface area contributed by atoms with Crippen LogP contribution in [0.4, 0.5) is 23.2 Å². The van der Waals surface area contributed by atoms with E-state index >= 15 is 0 Å². The van der Waals surface area contributed by atoms with E-state index in [0.717, 1.165) is 54.5 Å². The van der Waals surface area contributed by atoms with Crippen LogP contribution in [-0.2, 0) is 6.18 Å². The number of hydrogen-bond donors (Lipinski definition) is 2. The summed E-state index contributed by atoms with van der Waals surface area (Å²) in [6, 6.07) is 9.48. The second-order valence-corrected chi connectivity index (χ2v) is 10.2. The number of hydrogen-bond acceptors (Lipinski definition) is 4. The molecular weight excluding hydrogens is 516 g/mol. The van der Waals surface area contributed by atoms with E-state index in [1.807, 2.05) is 30.3 Å². The summed E-state index contributed by atoms with van der Waals surface area (Å²) in [6.07, 6.45) is 1.11. The van der Waals surface area contributed by atoms with E-state index in [1.165, 1.54) is 0 Å². The molecule has 4 unspecified atom stereocenters. The molecule has 0 amide bonds. The first-order chi connectivity index (χ1) is 18.2. The SMILES string of the molecule is C=CC1CN2CCC1CC2[C@@H](NC(=S)Nc1cc(C(F)(F)F)ccc1F)c1ccnc2ccc(OC)cc12. The monoisotopic (exact) mass is 544 g/mol. The zero-order valence-corrected chi connectivity index (χ0v) is 21.6. The zero-order chi connectivity index (χ0) is 27.0. The van der Waals surface area contributed by atoms with Gasteiger partial charge in [0.2, 0.25) is 0 Å². The number of fused-ring (bicyclic) bond motifs is 4. The van der Waals surface area contributed by atoms with E-state index in [9.17, 15) is 17.6 Å². The molecule has 3 saturated heterocycles. The Kier molecular flexibility index (Phi) is 7.28. The zero-order valence-electron chi connectivity index (χ0n) is 20.8. The predicted octanol–water partition coefficient (Wildman–Crippen LogP) is 6.33. The highest BCUT2D eigenvalue weighted by atomic mass is 32.1. The molecule has 200 valence electrons. The first kappa shape index (κ1) is 26.4. The quantitative estimate of drug-likeness (QED) is 0.215. The number of ether oxygens (including phenoxy) is 1. The van der Waals surface area contributed by atoms with Crippen molar-refractivity contribution in [2.24, 2.45) is 11.8 Å². The second kappa shape index (κ2) is 10.5. The largest absolute Gasteiger partial charge is 0.497 e. The van der Waals surface area contributed by atoms with Gasteiger partial charge in [-0.3, -0.25) is 9.88 Å². The molecule has 0 spiro atoms. The van der Waals surface area contributed by atoms with E-state index in [4.69, 9.17) is 17.0 Å². The number of benzene rings is 2. The van der Waals surface area contributed by atoms with E-state index in [1.54, 1.807) is 13.3 Å². The van der Waals surface area contributed by atoms with Crippen LogP contribution in [0.15, 0.2) is 61.3 Å². The van der Waals surface area contributed by atoms with Gasteiger partial charge in [0.15, 0.2) is 5.11 Å². The minimum Gasteiger partial charge on any atom is -0.497 e. The second-order valence-electron chi connectivity index (χ2n) is 9.80.